The molecular formula is C15H14FN3O3. The lowest BCUT2D eigenvalue weighted by Crippen LogP contribution is -2.12. The van der Waals surface area contributed by atoms with Gasteiger partial charge in [0.1, 0.15) is 5.82 Å². The summed E-state index contributed by atoms with van der Waals surface area (Å²) in [5, 5.41) is 0. The molecule has 6 nitrogen and oxygen atoms in total. The fourth-order valence-electron chi connectivity index (χ4n) is 1.87. The molecule has 114 valence electrons. The summed E-state index contributed by atoms with van der Waals surface area (Å²) in [6, 6.07) is 4.09. The molecule has 0 radical (unpaired) electrons. The molecule has 2 aromatic rings. The maximum Gasteiger partial charge on any atom is 0.357 e. The summed E-state index contributed by atoms with van der Waals surface area (Å²) in [6.07, 6.45) is 1.37. The first kappa shape index (κ1) is 15.4. The van der Waals surface area contributed by atoms with Crippen molar-refractivity contribution < 1.29 is 18.7 Å². The first-order valence-electron chi connectivity index (χ1n) is 6.24. The number of carbonyl (C=O) groups is 1. The molecule has 22 heavy (non-hydrogen) atoms. The molecule has 1 aromatic carbocycles. The molecule has 0 amide bonds. The number of nitrogen functional groups attached to an aromatic ring is 1. The Morgan fingerprint density at radius 3 is 2.68 bits per heavy atom. The number of hydrogen-bond acceptors (Lipinski definition) is 6. The summed E-state index contributed by atoms with van der Waals surface area (Å²) in [5.41, 5.74) is 6.55. The third-order valence-corrected chi connectivity index (χ3v) is 2.97. The van der Waals surface area contributed by atoms with Gasteiger partial charge in [0.25, 0.3) is 0 Å². The van der Waals surface area contributed by atoms with E-state index in [4.69, 9.17) is 10.5 Å². The van der Waals surface area contributed by atoms with E-state index in [1.807, 2.05) is 0 Å². The fraction of sp³-hybridized carbons (Fsp3) is 0.133. The Hall–Kier alpha value is -2.96. The molecule has 0 saturated heterocycles. The number of nitrogens with zero attached hydrogens (tertiary/aromatic N) is 2. The number of esters is 1. The molecule has 0 aliphatic rings. The second kappa shape index (κ2) is 6.21. The number of hydrogen-bond donors (Lipinski definition) is 1. The summed E-state index contributed by atoms with van der Waals surface area (Å²) < 4.78 is 23.1. The number of carbonyl (C=O) groups excluding carboxylic acids is 1. The molecule has 0 saturated carbocycles. The first-order chi connectivity index (χ1) is 10.5. The number of rotatable bonds is 4. The van der Waals surface area contributed by atoms with E-state index in [9.17, 15) is 9.18 Å². The average molecular weight is 303 g/mol. The largest absolute Gasteiger partial charge is 0.494 e. The van der Waals surface area contributed by atoms with Gasteiger partial charge in [0.15, 0.2) is 23.1 Å². The van der Waals surface area contributed by atoms with Crippen LogP contribution >= 0.6 is 0 Å². The van der Waals surface area contributed by atoms with Crippen molar-refractivity contribution in [3.05, 3.63) is 41.9 Å². The van der Waals surface area contributed by atoms with Crippen molar-refractivity contribution in [2.45, 2.75) is 0 Å². The minimum atomic E-state index is -0.667. The van der Waals surface area contributed by atoms with Crippen molar-refractivity contribution in [2.24, 2.45) is 0 Å². The second-order valence-corrected chi connectivity index (χ2v) is 4.24. The zero-order valence-electron chi connectivity index (χ0n) is 12.1. The lowest BCUT2D eigenvalue weighted by Gasteiger charge is -2.10. The SMILES string of the molecule is C=Cc1c(N)nc(-c2ccc(F)c(OC)c2)nc1C(=O)OC. The van der Waals surface area contributed by atoms with Gasteiger partial charge in [-0.05, 0) is 18.2 Å². The Bertz CT molecular complexity index is 747. The van der Waals surface area contributed by atoms with Crippen LogP contribution in [0.4, 0.5) is 10.2 Å². The molecule has 0 spiro atoms. The van der Waals surface area contributed by atoms with Gasteiger partial charge in [-0.3, -0.25) is 0 Å². The summed E-state index contributed by atoms with van der Waals surface area (Å²) in [5.74, 6) is -0.924. The van der Waals surface area contributed by atoms with Crippen LogP contribution in [0.25, 0.3) is 17.5 Å². The fourth-order valence-corrected chi connectivity index (χ4v) is 1.87. The minimum absolute atomic E-state index is 0.0108. The van der Waals surface area contributed by atoms with Gasteiger partial charge < -0.3 is 15.2 Å². The van der Waals surface area contributed by atoms with Gasteiger partial charge in [-0.2, -0.15) is 0 Å². The standard InChI is InChI=1S/C15H14FN3O3/c1-4-9-12(15(20)22-3)18-14(19-13(9)17)8-5-6-10(16)11(7-8)21-2/h4-7H,1H2,2-3H3,(H2,17,18,19). The van der Waals surface area contributed by atoms with E-state index in [1.165, 1.54) is 38.5 Å². The van der Waals surface area contributed by atoms with Crippen LogP contribution in [0.2, 0.25) is 0 Å². The summed E-state index contributed by atoms with van der Waals surface area (Å²) in [6.45, 7) is 3.57. The molecule has 0 bridgehead atoms. The van der Waals surface area contributed by atoms with Crippen LogP contribution in [0.3, 0.4) is 0 Å². The molecule has 1 aromatic heterocycles. The highest BCUT2D eigenvalue weighted by Crippen LogP contribution is 2.26. The number of halogens is 1. The molecule has 0 fully saturated rings. The maximum atomic E-state index is 13.5. The van der Waals surface area contributed by atoms with Gasteiger partial charge >= 0.3 is 5.97 Å². The first-order valence-corrected chi connectivity index (χ1v) is 6.24. The van der Waals surface area contributed by atoms with Gasteiger partial charge in [-0.25, -0.2) is 19.2 Å². The zero-order valence-corrected chi connectivity index (χ0v) is 12.1. The van der Waals surface area contributed by atoms with Gasteiger partial charge in [-0.1, -0.05) is 12.7 Å². The summed E-state index contributed by atoms with van der Waals surface area (Å²) in [7, 11) is 2.58. The number of anilines is 1. The minimum Gasteiger partial charge on any atom is -0.494 e. The van der Waals surface area contributed by atoms with Crippen molar-refractivity contribution in [3.8, 4) is 17.1 Å². The number of benzene rings is 1. The van der Waals surface area contributed by atoms with Gasteiger partial charge in [0.2, 0.25) is 0 Å². The Morgan fingerprint density at radius 1 is 1.36 bits per heavy atom. The van der Waals surface area contributed by atoms with E-state index >= 15 is 0 Å². The van der Waals surface area contributed by atoms with Gasteiger partial charge in [0.05, 0.1) is 14.2 Å². The topological polar surface area (TPSA) is 87.3 Å². The molecule has 0 atom stereocenters. The van der Waals surface area contributed by atoms with Crippen LogP contribution in [-0.2, 0) is 4.74 Å². The zero-order chi connectivity index (χ0) is 16.3. The van der Waals surface area contributed by atoms with Crippen molar-refractivity contribution >= 4 is 17.9 Å². The average Bonchev–Trinajstić information content (AvgIpc) is 2.53. The van der Waals surface area contributed by atoms with Crippen LogP contribution < -0.4 is 10.5 Å². The van der Waals surface area contributed by atoms with Crippen LogP contribution in [0.1, 0.15) is 16.1 Å². The van der Waals surface area contributed by atoms with E-state index in [0.717, 1.165) is 0 Å². The van der Waals surface area contributed by atoms with Crippen LogP contribution in [0.5, 0.6) is 5.75 Å². The van der Waals surface area contributed by atoms with Crippen LogP contribution in [-0.4, -0.2) is 30.2 Å². The third-order valence-electron chi connectivity index (χ3n) is 2.97. The Morgan fingerprint density at radius 2 is 2.09 bits per heavy atom. The van der Waals surface area contributed by atoms with Crippen molar-refractivity contribution in [1.29, 1.82) is 0 Å². The number of methoxy groups -OCH3 is 2. The van der Waals surface area contributed by atoms with Crippen LogP contribution in [0, 0.1) is 5.82 Å². The van der Waals surface area contributed by atoms with Crippen molar-refractivity contribution in [1.82, 2.24) is 9.97 Å². The molecule has 2 rings (SSSR count). The number of aromatic nitrogens is 2. The maximum absolute atomic E-state index is 13.5. The molecule has 0 aliphatic carbocycles. The molecule has 0 unspecified atom stereocenters. The Labute approximate surface area is 126 Å². The predicted molar refractivity (Wildman–Crippen MR) is 79.8 cm³/mol. The summed E-state index contributed by atoms with van der Waals surface area (Å²) >= 11 is 0. The molecule has 2 N–H and O–H groups in total. The van der Waals surface area contributed by atoms with E-state index in [2.05, 4.69) is 21.3 Å². The third kappa shape index (κ3) is 2.73. The lowest BCUT2D eigenvalue weighted by molar-refractivity contribution is 0.0594. The molecule has 7 heteroatoms. The van der Waals surface area contributed by atoms with Gasteiger partial charge in [-0.15, -0.1) is 0 Å². The summed E-state index contributed by atoms with van der Waals surface area (Å²) in [4.78, 5) is 20.0. The molecular weight excluding hydrogens is 289 g/mol. The highest BCUT2D eigenvalue weighted by molar-refractivity contribution is 5.93. The quantitative estimate of drug-likeness (QED) is 0.872. The van der Waals surface area contributed by atoms with Crippen molar-refractivity contribution in [3.63, 3.8) is 0 Å². The van der Waals surface area contributed by atoms with Gasteiger partial charge in [0, 0.05) is 11.1 Å². The molecule has 1 heterocycles. The lowest BCUT2D eigenvalue weighted by atomic mass is 10.1. The Kier molecular flexibility index (Phi) is 4.36. The van der Waals surface area contributed by atoms with E-state index in [0.29, 0.717) is 5.56 Å². The predicted octanol–water partition coefficient (Wildman–Crippen LogP) is 2.30. The van der Waals surface area contributed by atoms with E-state index < -0.39 is 11.8 Å². The molecule has 0 aliphatic heterocycles. The number of nitrogens with two attached hydrogens (primary N) is 1. The highest BCUT2D eigenvalue weighted by atomic mass is 19.1. The second-order valence-electron chi connectivity index (χ2n) is 4.24. The van der Waals surface area contributed by atoms with Crippen molar-refractivity contribution in [2.75, 3.05) is 20.0 Å². The van der Waals surface area contributed by atoms with Crippen LogP contribution in [0.15, 0.2) is 24.8 Å². The smallest absolute Gasteiger partial charge is 0.357 e. The Balaban J connectivity index is 2.64. The monoisotopic (exact) mass is 303 g/mol. The number of ether oxygens (including phenoxy) is 2. The van der Waals surface area contributed by atoms with E-state index in [-0.39, 0.29) is 28.6 Å². The highest BCUT2D eigenvalue weighted by Gasteiger charge is 2.18. The van der Waals surface area contributed by atoms with E-state index in [1.54, 1.807) is 0 Å². The normalized spacial score (nSPS) is 10.1.